The smallest absolute Gasteiger partial charge is 0.322 e. The van der Waals surface area contributed by atoms with Crippen LogP contribution in [0.2, 0.25) is 0 Å². The molecule has 3 aromatic rings. The van der Waals surface area contributed by atoms with E-state index in [1.165, 1.54) is 29.5 Å². The van der Waals surface area contributed by atoms with Crippen LogP contribution in [0.4, 0.5) is 10.5 Å². The van der Waals surface area contributed by atoms with Crippen LogP contribution >= 0.6 is 0 Å². The van der Waals surface area contributed by atoms with Crippen molar-refractivity contribution in [3.8, 4) is 11.3 Å². The monoisotopic (exact) mass is 614 g/mol. The highest BCUT2D eigenvalue weighted by atomic mass is 32.2. The zero-order valence-corrected chi connectivity index (χ0v) is 26.3. The average molecular weight is 615 g/mol. The van der Waals surface area contributed by atoms with Gasteiger partial charge in [-0.15, -0.1) is 0 Å². The van der Waals surface area contributed by atoms with Crippen LogP contribution in [-0.4, -0.2) is 60.9 Å². The lowest BCUT2D eigenvalue weighted by Crippen LogP contribution is -2.41. The number of hydrogen-bond acceptors (Lipinski definition) is 6. The van der Waals surface area contributed by atoms with Gasteiger partial charge in [-0.2, -0.15) is 0 Å². The largest absolute Gasteiger partial charge is 0.392 e. The summed E-state index contributed by atoms with van der Waals surface area (Å²) in [5.41, 5.74) is 7.49. The molecule has 1 aromatic heterocycles. The minimum Gasteiger partial charge on any atom is -0.392 e. The van der Waals surface area contributed by atoms with Crippen LogP contribution < -0.4 is 10.2 Å². The van der Waals surface area contributed by atoms with E-state index in [2.05, 4.69) is 40.5 Å². The second kappa shape index (κ2) is 11.6. The first kappa shape index (κ1) is 29.4. The molecule has 1 spiro atoms. The molecule has 9 heteroatoms. The topological polar surface area (TPSA) is 103 Å². The molecule has 3 heterocycles. The normalized spacial score (nSPS) is 21.2. The molecule has 2 aliphatic carbocycles. The number of benzene rings is 2. The highest BCUT2D eigenvalue weighted by molar-refractivity contribution is 7.91. The number of β-amino-alcohol motifs (C(OH)–C–C–N with tert-alkyl or cyclic N) is 1. The molecule has 0 radical (unpaired) electrons. The molecular formula is C35H42N4O4S. The fourth-order valence-corrected chi connectivity index (χ4v) is 8.33. The summed E-state index contributed by atoms with van der Waals surface area (Å²) < 4.78 is 24.3. The van der Waals surface area contributed by atoms with Gasteiger partial charge < -0.3 is 10.4 Å². The van der Waals surface area contributed by atoms with Gasteiger partial charge in [0.1, 0.15) is 0 Å². The molecule has 2 saturated carbocycles. The van der Waals surface area contributed by atoms with Gasteiger partial charge >= 0.3 is 6.03 Å². The van der Waals surface area contributed by atoms with Crippen LogP contribution in [0.1, 0.15) is 80.2 Å². The van der Waals surface area contributed by atoms with E-state index in [1.54, 1.807) is 31.2 Å². The van der Waals surface area contributed by atoms with E-state index in [1.807, 2.05) is 4.90 Å². The number of pyridine rings is 1. The highest BCUT2D eigenvalue weighted by Crippen LogP contribution is 2.51. The summed E-state index contributed by atoms with van der Waals surface area (Å²) in [4.78, 5) is 23.5. The van der Waals surface area contributed by atoms with E-state index < -0.39 is 9.84 Å². The number of aliphatic hydroxyl groups is 1. The Bertz CT molecular complexity index is 1660. The van der Waals surface area contributed by atoms with Gasteiger partial charge in [-0.05, 0) is 85.0 Å². The number of aromatic nitrogens is 1. The summed E-state index contributed by atoms with van der Waals surface area (Å²) in [6.45, 7) is 5.06. The van der Waals surface area contributed by atoms with E-state index in [4.69, 9.17) is 4.98 Å². The number of hydrogen-bond donors (Lipinski definition) is 2. The molecule has 44 heavy (non-hydrogen) atoms. The fraction of sp³-hybridized carbons (Fsp3) is 0.486. The van der Waals surface area contributed by atoms with Crippen molar-refractivity contribution in [2.24, 2.45) is 0 Å². The highest BCUT2D eigenvalue weighted by Gasteiger charge is 2.48. The summed E-state index contributed by atoms with van der Waals surface area (Å²) in [6.07, 6.45) is 7.36. The summed E-state index contributed by atoms with van der Waals surface area (Å²) in [5.74, 6) is 0.646. The predicted molar refractivity (Wildman–Crippen MR) is 171 cm³/mol. The minimum atomic E-state index is -3.26. The fourth-order valence-electron chi connectivity index (χ4n) is 7.44. The van der Waals surface area contributed by atoms with Crippen molar-refractivity contribution in [3.05, 3.63) is 77.0 Å². The van der Waals surface area contributed by atoms with Crippen molar-refractivity contribution < 1.29 is 18.3 Å². The number of carbonyl (C=O) groups is 1. The van der Waals surface area contributed by atoms with Crippen molar-refractivity contribution in [1.29, 1.82) is 0 Å². The molecule has 2 amide bonds. The lowest BCUT2D eigenvalue weighted by Gasteiger charge is -2.24. The van der Waals surface area contributed by atoms with Crippen molar-refractivity contribution >= 4 is 21.6 Å². The van der Waals surface area contributed by atoms with Crippen LogP contribution in [0.5, 0.6) is 0 Å². The number of fused-ring (bicyclic) bond motifs is 2. The zero-order chi connectivity index (χ0) is 30.5. The number of nitrogens with zero attached hydrogens (tertiary/aromatic N) is 3. The maximum atomic E-state index is 13.6. The number of rotatable bonds is 8. The van der Waals surface area contributed by atoms with Gasteiger partial charge in [-0.3, -0.25) is 9.80 Å². The third-order valence-electron chi connectivity index (χ3n) is 10.1. The second-order valence-electron chi connectivity index (χ2n) is 13.2. The molecule has 0 bridgehead atoms. The van der Waals surface area contributed by atoms with Gasteiger partial charge in [0, 0.05) is 43.7 Å². The van der Waals surface area contributed by atoms with Crippen LogP contribution in [0.3, 0.4) is 0 Å². The van der Waals surface area contributed by atoms with Crippen molar-refractivity contribution in [1.82, 2.24) is 15.2 Å². The Hall–Kier alpha value is -3.27. The molecule has 4 aliphatic rings. The molecule has 1 saturated heterocycles. The number of anilines is 1. The van der Waals surface area contributed by atoms with Gasteiger partial charge in [0.2, 0.25) is 0 Å². The van der Waals surface area contributed by atoms with Crippen LogP contribution in [0.15, 0.2) is 59.5 Å². The second-order valence-corrected chi connectivity index (χ2v) is 15.5. The van der Waals surface area contributed by atoms with E-state index in [-0.39, 0.29) is 23.3 Å². The first-order chi connectivity index (χ1) is 21.2. The van der Waals surface area contributed by atoms with E-state index >= 15 is 0 Å². The number of nitrogens with one attached hydrogen (secondary N) is 1. The Kier molecular flexibility index (Phi) is 7.75. The van der Waals surface area contributed by atoms with Gasteiger partial charge in [-0.25, -0.2) is 18.2 Å². The van der Waals surface area contributed by atoms with E-state index in [0.717, 1.165) is 74.4 Å². The average Bonchev–Trinajstić information content (AvgIpc) is 3.49. The number of aliphatic hydroxyl groups excluding tert-OH is 1. The summed E-state index contributed by atoms with van der Waals surface area (Å²) in [7, 11) is -3.26. The molecule has 8 nitrogen and oxygen atoms in total. The first-order valence-corrected chi connectivity index (χ1v) is 17.8. The number of urea groups is 1. The molecule has 2 aliphatic heterocycles. The molecule has 2 N–H and O–H groups in total. The third-order valence-corrected chi connectivity index (χ3v) is 11.9. The standard InChI is InChI=1S/C35H42N4O4S/c1-2-44(42,43)28-10-5-24(6-11-28)20-36-34(41)39-23-35(16-3-4-17-35)33-32(39)14-13-31(37-33)30-19-25(7-12-29(30)26-8-9-26)21-38-18-15-27(40)22-38/h5-7,10-14,19,26-27,40H,2-4,8-9,15-18,20-23H2,1H3,(H,36,41)/t27-/m1/s1. The molecule has 1 atom stereocenters. The number of carbonyl (C=O) groups excluding carboxylic acids is 1. The summed E-state index contributed by atoms with van der Waals surface area (Å²) in [5, 5.41) is 13.1. The van der Waals surface area contributed by atoms with Gasteiger partial charge in [0.05, 0.1) is 33.8 Å². The van der Waals surface area contributed by atoms with Crippen LogP contribution in [0, 0.1) is 0 Å². The van der Waals surface area contributed by atoms with Crippen LogP contribution in [-0.2, 0) is 28.3 Å². The third kappa shape index (κ3) is 5.66. The van der Waals surface area contributed by atoms with E-state index in [0.29, 0.717) is 23.9 Å². The quantitative estimate of drug-likeness (QED) is 0.346. The summed E-state index contributed by atoms with van der Waals surface area (Å²) in [6, 6.07) is 17.6. The molecule has 7 rings (SSSR count). The maximum Gasteiger partial charge on any atom is 0.322 e. The summed E-state index contributed by atoms with van der Waals surface area (Å²) >= 11 is 0. The SMILES string of the molecule is CCS(=O)(=O)c1ccc(CNC(=O)N2CC3(CCCC3)c3nc(-c4cc(CN5CC[C@@H](O)C5)ccc4C4CC4)ccc32)cc1. The number of amides is 2. The van der Waals surface area contributed by atoms with Crippen LogP contribution in [0.25, 0.3) is 11.3 Å². The van der Waals surface area contributed by atoms with Crippen molar-refractivity contribution in [3.63, 3.8) is 0 Å². The zero-order valence-electron chi connectivity index (χ0n) is 25.5. The lowest BCUT2D eigenvalue weighted by molar-refractivity contribution is 0.175. The maximum absolute atomic E-state index is 13.6. The van der Waals surface area contributed by atoms with Gasteiger partial charge in [-0.1, -0.05) is 44.0 Å². The molecular weight excluding hydrogens is 572 g/mol. The van der Waals surface area contributed by atoms with E-state index in [9.17, 15) is 18.3 Å². The Labute approximate surface area is 260 Å². The molecule has 3 fully saturated rings. The van der Waals surface area contributed by atoms with Crippen molar-refractivity contribution in [2.75, 3.05) is 30.3 Å². The molecule has 2 aromatic carbocycles. The Morgan fingerprint density at radius 3 is 2.45 bits per heavy atom. The minimum absolute atomic E-state index is 0.0614. The molecule has 232 valence electrons. The predicted octanol–water partition coefficient (Wildman–Crippen LogP) is 5.53. The lowest BCUT2D eigenvalue weighted by atomic mass is 9.84. The Morgan fingerprint density at radius 2 is 1.77 bits per heavy atom. The van der Waals surface area contributed by atoms with Gasteiger partial charge in [0.25, 0.3) is 0 Å². The van der Waals surface area contributed by atoms with Gasteiger partial charge in [0.15, 0.2) is 9.84 Å². The number of likely N-dealkylation sites (tertiary alicyclic amines) is 1. The molecule has 0 unspecified atom stereocenters. The number of sulfone groups is 1. The Balaban J connectivity index is 1.14. The Morgan fingerprint density at radius 1 is 1.02 bits per heavy atom. The van der Waals surface area contributed by atoms with Crippen molar-refractivity contribution in [2.45, 2.75) is 87.3 Å². The first-order valence-electron chi connectivity index (χ1n) is 16.2.